The summed E-state index contributed by atoms with van der Waals surface area (Å²) in [4.78, 5) is 11.3. The Morgan fingerprint density at radius 3 is 2.88 bits per heavy atom. The van der Waals surface area contributed by atoms with Gasteiger partial charge in [0.2, 0.25) is 0 Å². The van der Waals surface area contributed by atoms with Crippen LogP contribution in [0.4, 0.5) is 5.82 Å². The quantitative estimate of drug-likeness (QED) is 0.797. The summed E-state index contributed by atoms with van der Waals surface area (Å²) in [7, 11) is 0. The molecule has 5 heteroatoms. The molecule has 86 valence electrons. The summed E-state index contributed by atoms with van der Waals surface area (Å²) in [5.74, 6) is 0.226. The number of aryl methyl sites for hydroxylation is 1. The van der Waals surface area contributed by atoms with Gasteiger partial charge >= 0.3 is 5.97 Å². The maximum atomic E-state index is 11.3. The number of carboxylic acids is 1. The number of aromatic nitrogens is 2. The van der Waals surface area contributed by atoms with Gasteiger partial charge in [0.15, 0.2) is 0 Å². The van der Waals surface area contributed by atoms with Crippen molar-refractivity contribution in [2.24, 2.45) is 0 Å². The van der Waals surface area contributed by atoms with Crippen LogP contribution in [0.2, 0.25) is 0 Å². The first-order valence-electron chi connectivity index (χ1n) is 5.85. The minimum Gasteiger partial charge on any atom is -0.477 e. The highest BCUT2D eigenvalue weighted by molar-refractivity contribution is 5.95. The Morgan fingerprint density at radius 1 is 1.44 bits per heavy atom. The van der Waals surface area contributed by atoms with Gasteiger partial charge in [0.05, 0.1) is 5.69 Å². The van der Waals surface area contributed by atoms with E-state index in [4.69, 9.17) is 0 Å². The third-order valence-corrected chi connectivity index (χ3v) is 3.52. The monoisotopic (exact) mass is 221 g/mol. The van der Waals surface area contributed by atoms with Crippen LogP contribution in [0.15, 0.2) is 0 Å². The zero-order valence-electron chi connectivity index (χ0n) is 9.07. The van der Waals surface area contributed by atoms with Gasteiger partial charge in [-0.05, 0) is 19.3 Å². The molecule has 2 aliphatic rings. The second-order valence-electron chi connectivity index (χ2n) is 4.55. The number of carboxylic acid groups (broad SMARTS) is 1. The lowest BCUT2D eigenvalue weighted by molar-refractivity contribution is 0.0695. The maximum Gasteiger partial charge on any atom is 0.341 e. The molecule has 1 aliphatic carbocycles. The predicted octanol–water partition coefficient (Wildman–Crippen LogP) is 1.66. The van der Waals surface area contributed by atoms with E-state index in [2.05, 4.69) is 10.4 Å². The molecule has 0 atom stereocenters. The highest BCUT2D eigenvalue weighted by Crippen LogP contribution is 2.39. The van der Waals surface area contributed by atoms with Crippen LogP contribution in [0, 0.1) is 0 Å². The summed E-state index contributed by atoms with van der Waals surface area (Å²) in [5, 5.41) is 16.9. The number of nitrogens with one attached hydrogen (secondary N) is 1. The molecular weight excluding hydrogens is 206 g/mol. The summed E-state index contributed by atoms with van der Waals surface area (Å²) >= 11 is 0. The van der Waals surface area contributed by atoms with Crippen LogP contribution < -0.4 is 5.32 Å². The second kappa shape index (κ2) is 3.50. The Balaban J connectivity index is 2.08. The van der Waals surface area contributed by atoms with Crippen molar-refractivity contribution in [2.45, 2.75) is 38.1 Å². The molecule has 0 radical (unpaired) electrons. The van der Waals surface area contributed by atoms with E-state index in [1.54, 1.807) is 0 Å². The van der Waals surface area contributed by atoms with Crippen LogP contribution in [0.3, 0.4) is 0 Å². The third kappa shape index (κ3) is 1.31. The predicted molar refractivity (Wildman–Crippen MR) is 58.9 cm³/mol. The largest absolute Gasteiger partial charge is 0.477 e. The van der Waals surface area contributed by atoms with Gasteiger partial charge in [-0.2, -0.15) is 5.10 Å². The minimum atomic E-state index is -0.849. The third-order valence-electron chi connectivity index (χ3n) is 3.52. The van der Waals surface area contributed by atoms with E-state index >= 15 is 0 Å². The number of carbonyl (C=O) groups is 1. The van der Waals surface area contributed by atoms with E-state index in [-0.39, 0.29) is 0 Å². The number of hydrogen-bond donors (Lipinski definition) is 2. The minimum absolute atomic E-state index is 0.367. The molecule has 1 fully saturated rings. The van der Waals surface area contributed by atoms with Crippen LogP contribution in [0.25, 0.3) is 0 Å². The first-order chi connectivity index (χ1) is 7.77. The summed E-state index contributed by atoms with van der Waals surface area (Å²) in [6.45, 7) is 1.67. The van der Waals surface area contributed by atoms with E-state index in [1.807, 2.05) is 4.68 Å². The molecule has 16 heavy (non-hydrogen) atoms. The molecule has 0 amide bonds. The van der Waals surface area contributed by atoms with Gasteiger partial charge in [-0.15, -0.1) is 0 Å². The molecule has 5 nitrogen and oxygen atoms in total. The van der Waals surface area contributed by atoms with Crippen molar-refractivity contribution >= 4 is 11.8 Å². The van der Waals surface area contributed by atoms with Crippen molar-refractivity contribution in [1.29, 1.82) is 0 Å². The lowest BCUT2D eigenvalue weighted by Crippen LogP contribution is -2.19. The van der Waals surface area contributed by atoms with Gasteiger partial charge in [0.1, 0.15) is 11.4 Å². The van der Waals surface area contributed by atoms with Crippen LogP contribution in [0.1, 0.15) is 47.7 Å². The number of aromatic carboxylic acids is 1. The Bertz CT molecular complexity index is 435. The molecule has 1 saturated carbocycles. The topological polar surface area (TPSA) is 67.1 Å². The molecule has 0 saturated heterocycles. The fourth-order valence-electron chi connectivity index (χ4n) is 2.44. The van der Waals surface area contributed by atoms with E-state index in [0.29, 0.717) is 17.3 Å². The first kappa shape index (κ1) is 9.69. The van der Waals surface area contributed by atoms with E-state index in [0.717, 1.165) is 38.0 Å². The van der Waals surface area contributed by atoms with Crippen molar-refractivity contribution < 1.29 is 9.90 Å². The number of anilines is 1. The summed E-state index contributed by atoms with van der Waals surface area (Å²) in [5.41, 5.74) is 1.20. The molecule has 0 unspecified atom stereocenters. The fraction of sp³-hybridized carbons (Fsp3) is 0.636. The molecule has 1 aromatic heterocycles. The molecule has 3 rings (SSSR count). The molecule has 2 heterocycles. The Labute approximate surface area is 93.5 Å². The zero-order valence-corrected chi connectivity index (χ0v) is 9.07. The normalized spacial score (nSPS) is 19.8. The van der Waals surface area contributed by atoms with Crippen LogP contribution in [-0.4, -0.2) is 27.4 Å². The molecular formula is C11H15N3O2. The van der Waals surface area contributed by atoms with Gasteiger partial charge in [-0.25, -0.2) is 9.48 Å². The highest BCUT2D eigenvalue weighted by atomic mass is 16.4. The lowest BCUT2D eigenvalue weighted by Gasteiger charge is -2.23. The lowest BCUT2D eigenvalue weighted by atomic mass is 9.81. The average Bonchev–Trinajstić information content (AvgIpc) is 2.53. The Morgan fingerprint density at radius 2 is 2.25 bits per heavy atom. The highest BCUT2D eigenvalue weighted by Gasteiger charge is 2.32. The Hall–Kier alpha value is -1.52. The van der Waals surface area contributed by atoms with Crippen molar-refractivity contribution in [2.75, 3.05) is 11.9 Å². The van der Waals surface area contributed by atoms with Crippen molar-refractivity contribution in [1.82, 2.24) is 9.78 Å². The molecule has 0 spiro atoms. The molecule has 0 aromatic carbocycles. The van der Waals surface area contributed by atoms with Gasteiger partial charge in [0, 0.05) is 19.0 Å². The summed E-state index contributed by atoms with van der Waals surface area (Å²) in [6.07, 6.45) is 4.37. The van der Waals surface area contributed by atoms with E-state index in [9.17, 15) is 9.90 Å². The van der Waals surface area contributed by atoms with Crippen LogP contribution >= 0.6 is 0 Å². The zero-order chi connectivity index (χ0) is 11.1. The average molecular weight is 221 g/mol. The Kier molecular flexibility index (Phi) is 2.12. The molecule has 1 aromatic rings. The van der Waals surface area contributed by atoms with E-state index in [1.165, 1.54) is 6.42 Å². The number of rotatable bonds is 2. The summed E-state index contributed by atoms with van der Waals surface area (Å²) in [6, 6.07) is 0. The van der Waals surface area contributed by atoms with Crippen molar-refractivity contribution in [3.05, 3.63) is 11.3 Å². The first-order valence-corrected chi connectivity index (χ1v) is 5.85. The number of fused-ring (bicyclic) bond motifs is 1. The van der Waals surface area contributed by atoms with E-state index < -0.39 is 5.97 Å². The van der Waals surface area contributed by atoms with Gasteiger partial charge in [-0.1, -0.05) is 6.42 Å². The van der Waals surface area contributed by atoms with Gasteiger partial charge < -0.3 is 10.4 Å². The van der Waals surface area contributed by atoms with Gasteiger partial charge in [-0.3, -0.25) is 0 Å². The SMILES string of the molecule is O=C(O)c1c(C2CCC2)nn2c1NCCC2. The summed E-state index contributed by atoms with van der Waals surface area (Å²) < 4.78 is 1.82. The molecule has 2 N–H and O–H groups in total. The smallest absolute Gasteiger partial charge is 0.341 e. The van der Waals surface area contributed by atoms with Gasteiger partial charge in [0.25, 0.3) is 0 Å². The number of hydrogen-bond acceptors (Lipinski definition) is 3. The van der Waals surface area contributed by atoms with Crippen LogP contribution in [-0.2, 0) is 6.54 Å². The van der Waals surface area contributed by atoms with Crippen LogP contribution in [0.5, 0.6) is 0 Å². The fourth-order valence-corrected chi connectivity index (χ4v) is 2.44. The van der Waals surface area contributed by atoms with Crippen molar-refractivity contribution in [3.63, 3.8) is 0 Å². The number of nitrogens with zero attached hydrogens (tertiary/aromatic N) is 2. The molecule has 0 bridgehead atoms. The standard InChI is InChI=1S/C11H15N3O2/c15-11(16)8-9(7-3-1-4-7)13-14-6-2-5-12-10(8)14/h7,12H,1-6H2,(H,15,16). The van der Waals surface area contributed by atoms with Crippen molar-refractivity contribution in [3.8, 4) is 0 Å². The molecule has 1 aliphatic heterocycles. The maximum absolute atomic E-state index is 11.3. The second-order valence-corrected chi connectivity index (χ2v) is 4.55.